The first-order chi connectivity index (χ1) is 16.0. The van der Waals surface area contributed by atoms with E-state index in [1.807, 2.05) is 23.1 Å². The third kappa shape index (κ3) is 7.99. The highest BCUT2D eigenvalue weighted by molar-refractivity contribution is 6.35. The minimum Gasteiger partial charge on any atom is -0.343 e. The van der Waals surface area contributed by atoms with Gasteiger partial charge in [-0.15, -0.1) is 0 Å². The molecule has 1 aromatic rings. The highest BCUT2D eigenvalue weighted by atomic mass is 35.5. The minimum atomic E-state index is 0.253. The van der Waals surface area contributed by atoms with Crippen LogP contribution in [0.1, 0.15) is 38.2 Å². The van der Waals surface area contributed by atoms with Gasteiger partial charge in [-0.05, 0) is 37.0 Å². The van der Waals surface area contributed by atoms with Gasteiger partial charge in [0.2, 0.25) is 12.3 Å². The van der Waals surface area contributed by atoms with Crippen molar-refractivity contribution in [3.8, 4) is 0 Å². The molecule has 1 saturated carbocycles. The molecule has 0 unspecified atom stereocenters. The van der Waals surface area contributed by atoms with Crippen molar-refractivity contribution in [3.05, 3.63) is 39.9 Å². The summed E-state index contributed by atoms with van der Waals surface area (Å²) >= 11 is 11.7. The van der Waals surface area contributed by atoms with E-state index >= 15 is 0 Å². The predicted octanol–water partition coefficient (Wildman–Crippen LogP) is 3.87. The van der Waals surface area contributed by atoms with Gasteiger partial charge in [0.05, 0.1) is 6.54 Å². The fraction of sp³-hybridized carbons (Fsp3) is 0.600. The maximum atomic E-state index is 12.4. The summed E-state index contributed by atoms with van der Waals surface area (Å²) in [4.78, 5) is 31.5. The van der Waals surface area contributed by atoms with Gasteiger partial charge in [0.1, 0.15) is 0 Å². The zero-order valence-corrected chi connectivity index (χ0v) is 21.1. The summed E-state index contributed by atoms with van der Waals surface area (Å²) in [5.74, 6) is 0.253. The fourth-order valence-corrected chi connectivity index (χ4v) is 4.76. The van der Waals surface area contributed by atoms with E-state index in [9.17, 15) is 9.59 Å². The first kappa shape index (κ1) is 26.0. The van der Waals surface area contributed by atoms with Crippen LogP contribution in [0, 0.1) is 0 Å². The molecule has 2 aliphatic heterocycles. The van der Waals surface area contributed by atoms with E-state index < -0.39 is 0 Å². The molecule has 2 saturated heterocycles. The van der Waals surface area contributed by atoms with Crippen molar-refractivity contribution in [2.45, 2.75) is 38.6 Å². The van der Waals surface area contributed by atoms with Crippen LogP contribution in [0.25, 0.3) is 6.08 Å². The van der Waals surface area contributed by atoms with Crippen LogP contribution in [0.5, 0.6) is 0 Å². The topological polar surface area (TPSA) is 47.1 Å². The maximum absolute atomic E-state index is 12.4. The number of halogens is 2. The third-order valence-corrected chi connectivity index (χ3v) is 7.23. The van der Waals surface area contributed by atoms with Crippen LogP contribution in [0.3, 0.4) is 0 Å². The van der Waals surface area contributed by atoms with E-state index in [1.165, 1.54) is 19.3 Å². The van der Waals surface area contributed by atoms with E-state index in [2.05, 4.69) is 22.8 Å². The van der Waals surface area contributed by atoms with Gasteiger partial charge in [0, 0.05) is 68.4 Å². The second-order valence-corrected chi connectivity index (χ2v) is 9.74. The number of hydrogen-bond acceptors (Lipinski definition) is 4. The maximum Gasteiger partial charge on any atom is 0.236 e. The van der Waals surface area contributed by atoms with Crippen LogP contribution in [0.15, 0.2) is 24.3 Å². The summed E-state index contributed by atoms with van der Waals surface area (Å²) in [6, 6.07) is 6.29. The summed E-state index contributed by atoms with van der Waals surface area (Å²) in [7, 11) is 0. The van der Waals surface area contributed by atoms with Crippen molar-refractivity contribution in [1.29, 1.82) is 0 Å². The number of rotatable bonds is 6. The molecule has 33 heavy (non-hydrogen) atoms. The van der Waals surface area contributed by atoms with Crippen LogP contribution < -0.4 is 0 Å². The molecule has 0 N–H and O–H groups in total. The van der Waals surface area contributed by atoms with Gasteiger partial charge in [-0.3, -0.25) is 19.4 Å². The second kappa shape index (κ2) is 13.3. The molecule has 0 atom stereocenters. The Morgan fingerprint density at radius 3 is 2.27 bits per heavy atom. The average molecular weight is 495 g/mol. The average Bonchev–Trinajstić information content (AvgIpc) is 2.79. The van der Waals surface area contributed by atoms with Crippen molar-refractivity contribution < 1.29 is 9.59 Å². The molecule has 0 aromatic heterocycles. The Bertz CT molecular complexity index is 800. The Hall–Kier alpha value is -1.60. The van der Waals surface area contributed by atoms with Crippen molar-refractivity contribution >= 4 is 41.6 Å². The Morgan fingerprint density at radius 1 is 1.03 bits per heavy atom. The van der Waals surface area contributed by atoms with Crippen molar-refractivity contribution in [2.75, 3.05) is 58.9 Å². The van der Waals surface area contributed by atoms with E-state index in [-0.39, 0.29) is 5.91 Å². The molecular weight excluding hydrogens is 459 g/mol. The Kier molecular flexibility index (Phi) is 10.5. The number of carbonyl (C=O) groups excluding carboxylic acids is 2. The molecule has 3 fully saturated rings. The lowest BCUT2D eigenvalue weighted by molar-refractivity contribution is -0.135. The lowest BCUT2D eigenvalue weighted by atomic mass is 9.91. The van der Waals surface area contributed by atoms with Gasteiger partial charge < -0.3 is 9.80 Å². The van der Waals surface area contributed by atoms with E-state index in [1.54, 1.807) is 11.0 Å². The lowest BCUT2D eigenvalue weighted by Crippen LogP contribution is -2.56. The predicted molar refractivity (Wildman–Crippen MR) is 136 cm³/mol. The third-order valence-electron chi connectivity index (χ3n) is 6.67. The highest BCUT2D eigenvalue weighted by Gasteiger charge is 2.30. The van der Waals surface area contributed by atoms with E-state index in [0.717, 1.165) is 76.8 Å². The largest absolute Gasteiger partial charge is 0.343 e. The minimum absolute atomic E-state index is 0.253. The molecule has 6 nitrogen and oxygen atoms in total. The second-order valence-electron chi connectivity index (χ2n) is 8.90. The number of hydrogen-bond donors (Lipinski definition) is 0. The molecule has 0 spiro atoms. The van der Waals surface area contributed by atoms with E-state index in [4.69, 9.17) is 23.2 Å². The molecule has 8 heteroatoms. The Morgan fingerprint density at radius 2 is 1.73 bits per heavy atom. The summed E-state index contributed by atoms with van der Waals surface area (Å²) in [6.07, 6.45) is 10.0. The van der Waals surface area contributed by atoms with Crippen molar-refractivity contribution in [2.24, 2.45) is 0 Å². The van der Waals surface area contributed by atoms with Gasteiger partial charge in [-0.2, -0.15) is 0 Å². The summed E-state index contributed by atoms with van der Waals surface area (Å²) < 4.78 is 0. The standard InChI is InChI=1S/C15H26N4O2.C10H10Cl2/c20-13-17-6-4-16(5-7-17)12-15(21)19-10-8-18(9-11-19)14-2-1-3-14;1-2-3-4-8-5-6-9(11)7-10(8)12/h13-14H,1-12H2;3-7H,2H2,1H3/b;4-3+. The first-order valence-electron chi connectivity index (χ1n) is 12.0. The highest BCUT2D eigenvalue weighted by Crippen LogP contribution is 2.25. The van der Waals surface area contributed by atoms with Crippen molar-refractivity contribution in [3.63, 3.8) is 0 Å². The normalized spacial score (nSPS) is 20.3. The van der Waals surface area contributed by atoms with E-state index in [0.29, 0.717) is 16.6 Å². The fourth-order valence-electron chi connectivity index (χ4n) is 4.29. The molecule has 3 aliphatic rings. The number of carbonyl (C=O) groups is 2. The number of amides is 2. The molecule has 1 aromatic carbocycles. The number of nitrogens with zero attached hydrogens (tertiary/aromatic N) is 4. The van der Waals surface area contributed by atoms with Crippen LogP contribution >= 0.6 is 23.2 Å². The zero-order valence-electron chi connectivity index (χ0n) is 19.6. The molecule has 4 rings (SSSR count). The van der Waals surface area contributed by atoms with Gasteiger partial charge in [-0.1, -0.05) is 54.8 Å². The summed E-state index contributed by atoms with van der Waals surface area (Å²) in [5, 5.41) is 1.38. The summed E-state index contributed by atoms with van der Waals surface area (Å²) in [5.41, 5.74) is 1.02. The molecule has 1 aliphatic carbocycles. The zero-order chi connectivity index (χ0) is 23.6. The monoisotopic (exact) mass is 494 g/mol. The molecule has 2 amide bonds. The number of benzene rings is 1. The molecule has 0 radical (unpaired) electrons. The first-order valence-corrected chi connectivity index (χ1v) is 12.8. The van der Waals surface area contributed by atoms with Crippen molar-refractivity contribution in [1.82, 2.24) is 19.6 Å². The van der Waals surface area contributed by atoms with Crippen LogP contribution in [0.4, 0.5) is 0 Å². The SMILES string of the molecule is CC/C=C/c1ccc(Cl)cc1Cl.O=CN1CCN(CC(=O)N2CCN(C3CCC3)CC2)CC1. The Labute approximate surface area is 208 Å². The van der Waals surface area contributed by atoms with Gasteiger partial charge in [0.15, 0.2) is 0 Å². The molecule has 2 heterocycles. The number of allylic oxidation sites excluding steroid dienone is 1. The van der Waals surface area contributed by atoms with Crippen LogP contribution in [-0.4, -0.2) is 96.9 Å². The van der Waals surface area contributed by atoms with Gasteiger partial charge >= 0.3 is 0 Å². The quantitative estimate of drug-likeness (QED) is 0.563. The Balaban J connectivity index is 0.000000218. The van der Waals surface area contributed by atoms with Crippen LogP contribution in [-0.2, 0) is 9.59 Å². The summed E-state index contributed by atoms with van der Waals surface area (Å²) in [6.45, 7) is 9.53. The van der Waals surface area contributed by atoms with Gasteiger partial charge in [0.25, 0.3) is 0 Å². The molecule has 182 valence electrons. The van der Waals surface area contributed by atoms with Crippen LogP contribution in [0.2, 0.25) is 10.0 Å². The number of piperazine rings is 2. The lowest BCUT2D eigenvalue weighted by Gasteiger charge is -2.43. The molecule has 0 bridgehead atoms. The molecular formula is C25H36Cl2N4O2. The smallest absolute Gasteiger partial charge is 0.236 e. The van der Waals surface area contributed by atoms with Gasteiger partial charge in [-0.25, -0.2) is 0 Å².